The molecule has 1 saturated heterocycles. The summed E-state index contributed by atoms with van der Waals surface area (Å²) in [6, 6.07) is 0. The van der Waals surface area contributed by atoms with Crippen LogP contribution in [0.3, 0.4) is 0 Å². The summed E-state index contributed by atoms with van der Waals surface area (Å²) in [6.07, 6.45) is 0.0569. The van der Waals surface area contributed by atoms with Crippen molar-refractivity contribution in [3.8, 4) is 0 Å². The fourth-order valence-corrected chi connectivity index (χ4v) is 3.30. The lowest BCUT2D eigenvalue weighted by atomic mass is 10.4. The van der Waals surface area contributed by atoms with Gasteiger partial charge < -0.3 is 9.64 Å². The molecule has 7 heteroatoms. The number of ether oxygens (including phenoxy) is 1. The molecule has 0 bridgehead atoms. The zero-order valence-corrected chi connectivity index (χ0v) is 11.9. The minimum absolute atomic E-state index is 0.0569. The summed E-state index contributed by atoms with van der Waals surface area (Å²) < 4.78 is 30.5. The summed E-state index contributed by atoms with van der Waals surface area (Å²) in [5.74, 6) is -0.209. The van der Waals surface area contributed by atoms with Crippen molar-refractivity contribution in [3.05, 3.63) is 0 Å². The summed E-state index contributed by atoms with van der Waals surface area (Å²) in [7, 11) is -3.32. The van der Waals surface area contributed by atoms with Crippen LogP contribution in [-0.2, 0) is 19.6 Å². The lowest BCUT2D eigenvalue weighted by Gasteiger charge is -2.26. The molecule has 106 valence electrons. The van der Waals surface area contributed by atoms with Gasteiger partial charge in [-0.3, -0.25) is 4.79 Å². The van der Waals surface area contributed by atoms with E-state index >= 15 is 0 Å². The number of nitrogens with zero attached hydrogens (tertiary/aromatic N) is 2. The number of amides is 1. The molecule has 0 atom stereocenters. The fourth-order valence-electron chi connectivity index (χ4n) is 1.90. The number of carbonyl (C=O) groups excluding carboxylic acids is 1. The van der Waals surface area contributed by atoms with E-state index in [1.807, 2.05) is 13.8 Å². The van der Waals surface area contributed by atoms with Crippen molar-refractivity contribution < 1.29 is 17.9 Å². The van der Waals surface area contributed by atoms with E-state index < -0.39 is 10.0 Å². The van der Waals surface area contributed by atoms with Crippen molar-refractivity contribution in [2.24, 2.45) is 0 Å². The summed E-state index contributed by atoms with van der Waals surface area (Å²) in [4.78, 5) is 13.4. The Morgan fingerprint density at radius 1 is 1.22 bits per heavy atom. The number of carbonyl (C=O) groups is 1. The molecule has 18 heavy (non-hydrogen) atoms. The first-order valence-electron chi connectivity index (χ1n) is 6.34. The first kappa shape index (κ1) is 15.4. The molecule has 0 aromatic rings. The normalized spacial score (nSPS) is 17.7. The number of morpholine rings is 1. The summed E-state index contributed by atoms with van der Waals surface area (Å²) in [5, 5.41) is 0. The van der Waals surface area contributed by atoms with Gasteiger partial charge in [-0.2, -0.15) is 4.31 Å². The maximum atomic E-state index is 12.0. The van der Waals surface area contributed by atoms with E-state index in [1.54, 1.807) is 4.90 Å². The zero-order valence-electron chi connectivity index (χ0n) is 11.1. The molecule has 1 heterocycles. The Morgan fingerprint density at radius 3 is 2.28 bits per heavy atom. The second-order valence-electron chi connectivity index (χ2n) is 4.14. The van der Waals surface area contributed by atoms with Crippen molar-refractivity contribution in [2.45, 2.75) is 20.3 Å². The molecule has 1 fully saturated rings. The molecule has 0 aromatic carbocycles. The SMILES string of the molecule is CCN(CC)C(=O)CCS(=O)(=O)N1CCOCC1. The van der Waals surface area contributed by atoms with Crippen LogP contribution in [0, 0.1) is 0 Å². The van der Waals surface area contributed by atoms with Gasteiger partial charge in [0, 0.05) is 32.6 Å². The van der Waals surface area contributed by atoms with Crippen LogP contribution >= 0.6 is 0 Å². The largest absolute Gasteiger partial charge is 0.379 e. The van der Waals surface area contributed by atoms with Crippen LogP contribution in [0.25, 0.3) is 0 Å². The molecule has 1 rings (SSSR count). The third-order valence-corrected chi connectivity index (χ3v) is 4.93. The van der Waals surface area contributed by atoms with E-state index in [1.165, 1.54) is 4.31 Å². The van der Waals surface area contributed by atoms with Gasteiger partial charge in [-0.1, -0.05) is 0 Å². The Bertz CT molecular complexity index is 359. The summed E-state index contributed by atoms with van der Waals surface area (Å²) in [6.45, 7) is 6.66. The van der Waals surface area contributed by atoms with Gasteiger partial charge in [0.1, 0.15) is 0 Å². The first-order valence-corrected chi connectivity index (χ1v) is 7.95. The molecule has 1 aliphatic rings. The Balaban J connectivity index is 2.48. The molecule has 0 N–H and O–H groups in total. The highest BCUT2D eigenvalue weighted by atomic mass is 32.2. The average molecular weight is 278 g/mol. The van der Waals surface area contributed by atoms with Gasteiger partial charge in [-0.25, -0.2) is 8.42 Å². The van der Waals surface area contributed by atoms with E-state index in [2.05, 4.69) is 0 Å². The standard InChI is InChI=1S/C11H22N2O4S/c1-3-12(4-2)11(14)5-10-18(15,16)13-6-8-17-9-7-13/h3-10H2,1-2H3. The maximum absolute atomic E-state index is 12.0. The minimum atomic E-state index is -3.32. The number of sulfonamides is 1. The fraction of sp³-hybridized carbons (Fsp3) is 0.909. The minimum Gasteiger partial charge on any atom is -0.379 e. The maximum Gasteiger partial charge on any atom is 0.223 e. The highest BCUT2D eigenvalue weighted by Gasteiger charge is 2.25. The highest BCUT2D eigenvalue weighted by molar-refractivity contribution is 7.89. The second kappa shape index (κ2) is 7.06. The van der Waals surface area contributed by atoms with Gasteiger partial charge in [-0.05, 0) is 13.8 Å². The van der Waals surface area contributed by atoms with E-state index in [9.17, 15) is 13.2 Å². The van der Waals surface area contributed by atoms with Crippen molar-refractivity contribution in [3.63, 3.8) is 0 Å². The van der Waals surface area contributed by atoms with Crippen LogP contribution < -0.4 is 0 Å². The molecule has 0 saturated carbocycles. The Hall–Kier alpha value is -0.660. The molecular formula is C11H22N2O4S. The van der Waals surface area contributed by atoms with Crippen molar-refractivity contribution in [1.82, 2.24) is 9.21 Å². The van der Waals surface area contributed by atoms with E-state index in [4.69, 9.17) is 4.74 Å². The Labute approximate surface area is 109 Å². The Kier molecular flexibility index (Phi) is 6.04. The number of hydrogen-bond acceptors (Lipinski definition) is 4. The van der Waals surface area contributed by atoms with Crippen LogP contribution in [0.5, 0.6) is 0 Å². The number of hydrogen-bond donors (Lipinski definition) is 0. The van der Waals surface area contributed by atoms with Gasteiger partial charge in [0.25, 0.3) is 0 Å². The predicted molar refractivity (Wildman–Crippen MR) is 68.7 cm³/mol. The summed E-state index contributed by atoms with van der Waals surface area (Å²) in [5.41, 5.74) is 0. The molecule has 0 aromatic heterocycles. The summed E-state index contributed by atoms with van der Waals surface area (Å²) >= 11 is 0. The monoisotopic (exact) mass is 278 g/mol. The van der Waals surface area contributed by atoms with E-state index in [-0.39, 0.29) is 18.1 Å². The van der Waals surface area contributed by atoms with E-state index in [0.29, 0.717) is 39.4 Å². The molecule has 6 nitrogen and oxygen atoms in total. The quantitative estimate of drug-likeness (QED) is 0.681. The van der Waals surface area contributed by atoms with Crippen LogP contribution in [-0.4, -0.2) is 68.7 Å². The molecule has 0 aliphatic carbocycles. The van der Waals surface area contributed by atoms with E-state index in [0.717, 1.165) is 0 Å². The number of rotatable bonds is 6. The van der Waals surface area contributed by atoms with Gasteiger partial charge in [0.05, 0.1) is 19.0 Å². The van der Waals surface area contributed by atoms with Crippen molar-refractivity contribution >= 4 is 15.9 Å². The van der Waals surface area contributed by atoms with Gasteiger partial charge in [-0.15, -0.1) is 0 Å². The molecule has 0 unspecified atom stereocenters. The van der Waals surface area contributed by atoms with Gasteiger partial charge >= 0.3 is 0 Å². The smallest absolute Gasteiger partial charge is 0.223 e. The van der Waals surface area contributed by atoms with Crippen molar-refractivity contribution in [1.29, 1.82) is 0 Å². The Morgan fingerprint density at radius 2 is 1.78 bits per heavy atom. The third-order valence-electron chi connectivity index (χ3n) is 3.05. The van der Waals surface area contributed by atoms with Crippen molar-refractivity contribution in [2.75, 3.05) is 45.1 Å². The predicted octanol–water partition coefficient (Wildman–Crippen LogP) is -0.0931. The molecule has 0 spiro atoms. The zero-order chi connectivity index (χ0) is 13.6. The molecular weight excluding hydrogens is 256 g/mol. The highest BCUT2D eigenvalue weighted by Crippen LogP contribution is 2.08. The molecule has 1 aliphatic heterocycles. The molecule has 1 amide bonds. The average Bonchev–Trinajstić information content (AvgIpc) is 2.39. The second-order valence-corrected chi connectivity index (χ2v) is 6.23. The van der Waals surface area contributed by atoms with Gasteiger partial charge in [0.15, 0.2) is 0 Å². The van der Waals surface area contributed by atoms with Crippen LogP contribution in [0.4, 0.5) is 0 Å². The van der Waals surface area contributed by atoms with Crippen LogP contribution in [0.2, 0.25) is 0 Å². The topological polar surface area (TPSA) is 66.9 Å². The van der Waals surface area contributed by atoms with Gasteiger partial charge in [0.2, 0.25) is 15.9 Å². The molecule has 0 radical (unpaired) electrons. The van der Waals surface area contributed by atoms with Crippen LogP contribution in [0.1, 0.15) is 20.3 Å². The first-order chi connectivity index (χ1) is 8.51. The lowest BCUT2D eigenvalue weighted by molar-refractivity contribution is -0.130. The van der Waals surface area contributed by atoms with Crippen LogP contribution in [0.15, 0.2) is 0 Å². The third kappa shape index (κ3) is 4.22. The lowest BCUT2D eigenvalue weighted by Crippen LogP contribution is -2.42.